The van der Waals surface area contributed by atoms with Crippen LogP contribution in [0.3, 0.4) is 0 Å². The van der Waals surface area contributed by atoms with Gasteiger partial charge in [-0.05, 0) is 30.7 Å². The molecule has 0 unspecified atom stereocenters. The zero-order valence-corrected chi connectivity index (χ0v) is 20.7. The van der Waals surface area contributed by atoms with Crippen molar-refractivity contribution in [2.75, 3.05) is 39.2 Å². The van der Waals surface area contributed by atoms with Gasteiger partial charge in [0, 0.05) is 49.4 Å². The van der Waals surface area contributed by atoms with E-state index in [0.29, 0.717) is 32.7 Å². The average Bonchev–Trinajstić information content (AvgIpc) is 3.55. The SMILES string of the molecule is COc1cccc(-c2nnc(SCCCC(=O)N3CCC4(CC3)OCCO4)n2-c2ccccc2)c1. The third-order valence-corrected chi connectivity index (χ3v) is 7.45. The van der Waals surface area contributed by atoms with Crippen molar-refractivity contribution in [2.24, 2.45) is 0 Å². The summed E-state index contributed by atoms with van der Waals surface area (Å²) in [4.78, 5) is 14.7. The Balaban J connectivity index is 1.22. The topological polar surface area (TPSA) is 78.7 Å². The van der Waals surface area contributed by atoms with Crippen LogP contribution in [0.15, 0.2) is 59.8 Å². The molecule has 0 aliphatic carbocycles. The van der Waals surface area contributed by atoms with E-state index in [9.17, 15) is 4.79 Å². The highest BCUT2D eigenvalue weighted by Gasteiger charge is 2.40. The highest BCUT2D eigenvalue weighted by molar-refractivity contribution is 7.99. The molecule has 9 heteroatoms. The number of methoxy groups -OCH3 is 1. The summed E-state index contributed by atoms with van der Waals surface area (Å²) in [5, 5.41) is 9.78. The summed E-state index contributed by atoms with van der Waals surface area (Å²) in [6.45, 7) is 2.69. The van der Waals surface area contributed by atoms with Crippen molar-refractivity contribution in [1.82, 2.24) is 19.7 Å². The second kappa shape index (κ2) is 10.8. The van der Waals surface area contributed by atoms with E-state index in [4.69, 9.17) is 14.2 Å². The first kappa shape index (κ1) is 23.8. The molecule has 0 atom stereocenters. The van der Waals surface area contributed by atoms with Crippen LogP contribution in [0.5, 0.6) is 5.75 Å². The summed E-state index contributed by atoms with van der Waals surface area (Å²) in [7, 11) is 1.65. The Labute approximate surface area is 209 Å². The van der Waals surface area contributed by atoms with Crippen molar-refractivity contribution in [2.45, 2.75) is 36.6 Å². The Morgan fingerprint density at radius 2 is 1.83 bits per heavy atom. The quantitative estimate of drug-likeness (QED) is 0.343. The maximum absolute atomic E-state index is 12.7. The zero-order valence-electron chi connectivity index (χ0n) is 19.9. The third-order valence-electron chi connectivity index (χ3n) is 6.43. The predicted octanol–water partition coefficient (Wildman–Crippen LogP) is 4.18. The molecule has 2 saturated heterocycles. The maximum Gasteiger partial charge on any atom is 0.222 e. The van der Waals surface area contributed by atoms with Crippen LogP contribution in [0.2, 0.25) is 0 Å². The van der Waals surface area contributed by atoms with Crippen LogP contribution in [-0.2, 0) is 14.3 Å². The predicted molar refractivity (Wildman–Crippen MR) is 134 cm³/mol. The van der Waals surface area contributed by atoms with Crippen LogP contribution >= 0.6 is 11.8 Å². The average molecular weight is 495 g/mol. The van der Waals surface area contributed by atoms with E-state index in [0.717, 1.165) is 53.0 Å². The number of thioether (sulfide) groups is 1. The van der Waals surface area contributed by atoms with Gasteiger partial charge in [-0.15, -0.1) is 10.2 Å². The van der Waals surface area contributed by atoms with Crippen LogP contribution < -0.4 is 4.74 Å². The first-order chi connectivity index (χ1) is 17.2. The first-order valence-corrected chi connectivity index (χ1v) is 13.0. The number of benzene rings is 2. The van der Waals surface area contributed by atoms with E-state index in [-0.39, 0.29) is 5.91 Å². The lowest BCUT2D eigenvalue weighted by Gasteiger charge is -2.37. The summed E-state index contributed by atoms with van der Waals surface area (Å²) in [6, 6.07) is 17.9. The van der Waals surface area contributed by atoms with Crippen LogP contribution in [0.25, 0.3) is 17.1 Å². The number of carbonyl (C=O) groups excluding carboxylic acids is 1. The van der Waals surface area contributed by atoms with Crippen molar-refractivity contribution in [1.29, 1.82) is 0 Å². The lowest BCUT2D eigenvalue weighted by atomic mass is 10.0. The molecule has 2 aliphatic rings. The third kappa shape index (κ3) is 5.37. The molecule has 3 aromatic rings. The standard InChI is InChI=1S/C26H30N4O4S/c1-32-22-10-5-7-20(19-22)24-27-28-25(30(24)21-8-3-2-4-9-21)35-18-6-11-23(31)29-14-12-26(13-15-29)33-16-17-34-26/h2-5,7-10,19H,6,11-18H2,1H3. The summed E-state index contributed by atoms with van der Waals surface area (Å²) < 4.78 is 19.0. The molecule has 2 aromatic carbocycles. The van der Waals surface area contributed by atoms with Gasteiger partial charge in [0.15, 0.2) is 16.8 Å². The number of carbonyl (C=O) groups is 1. The van der Waals surface area contributed by atoms with Gasteiger partial charge in [0.05, 0.1) is 20.3 Å². The molecule has 0 radical (unpaired) electrons. The molecule has 35 heavy (non-hydrogen) atoms. The minimum atomic E-state index is -0.450. The molecule has 1 aromatic heterocycles. The fraction of sp³-hybridized carbons (Fsp3) is 0.423. The fourth-order valence-electron chi connectivity index (χ4n) is 4.55. The van der Waals surface area contributed by atoms with Crippen molar-refractivity contribution in [3.05, 3.63) is 54.6 Å². The van der Waals surface area contributed by atoms with Crippen molar-refractivity contribution >= 4 is 17.7 Å². The van der Waals surface area contributed by atoms with Gasteiger partial charge in [-0.3, -0.25) is 9.36 Å². The number of hydrogen-bond acceptors (Lipinski definition) is 7. The molecular formula is C26H30N4O4S. The highest BCUT2D eigenvalue weighted by atomic mass is 32.2. The molecule has 184 valence electrons. The number of aromatic nitrogens is 3. The number of nitrogens with zero attached hydrogens (tertiary/aromatic N) is 4. The van der Waals surface area contributed by atoms with Gasteiger partial charge < -0.3 is 19.1 Å². The minimum absolute atomic E-state index is 0.194. The molecular weight excluding hydrogens is 464 g/mol. The summed E-state index contributed by atoms with van der Waals surface area (Å²) in [5.74, 6) is 2.05. The van der Waals surface area contributed by atoms with Gasteiger partial charge in [0.25, 0.3) is 0 Å². The Hall–Kier alpha value is -2.88. The van der Waals surface area contributed by atoms with Gasteiger partial charge >= 0.3 is 0 Å². The molecule has 1 amide bonds. The molecule has 0 N–H and O–H groups in total. The van der Waals surface area contributed by atoms with E-state index in [1.54, 1.807) is 18.9 Å². The van der Waals surface area contributed by atoms with E-state index >= 15 is 0 Å². The summed E-state index contributed by atoms with van der Waals surface area (Å²) in [6.07, 6.45) is 2.79. The number of amides is 1. The van der Waals surface area contributed by atoms with Gasteiger partial charge in [-0.1, -0.05) is 42.1 Å². The first-order valence-electron chi connectivity index (χ1n) is 12.0. The molecule has 3 heterocycles. The second-order valence-electron chi connectivity index (χ2n) is 8.65. The molecule has 2 fully saturated rings. The number of rotatable bonds is 8. The van der Waals surface area contributed by atoms with Gasteiger partial charge in [0.1, 0.15) is 5.75 Å². The molecule has 0 bridgehead atoms. The summed E-state index contributed by atoms with van der Waals surface area (Å²) in [5.41, 5.74) is 1.92. The Kier molecular flexibility index (Phi) is 7.36. The normalized spacial score (nSPS) is 17.1. The zero-order chi connectivity index (χ0) is 24.1. The van der Waals surface area contributed by atoms with Gasteiger partial charge in [-0.2, -0.15) is 0 Å². The van der Waals surface area contributed by atoms with E-state index < -0.39 is 5.79 Å². The summed E-state index contributed by atoms with van der Waals surface area (Å²) >= 11 is 1.62. The lowest BCUT2D eigenvalue weighted by Crippen LogP contribution is -2.47. The lowest BCUT2D eigenvalue weighted by molar-refractivity contribution is -0.187. The molecule has 5 rings (SSSR count). The van der Waals surface area contributed by atoms with Gasteiger partial charge in [0.2, 0.25) is 5.91 Å². The molecule has 8 nitrogen and oxygen atoms in total. The molecule has 2 aliphatic heterocycles. The Morgan fingerprint density at radius 3 is 2.57 bits per heavy atom. The van der Waals surface area contributed by atoms with Crippen molar-refractivity contribution in [3.8, 4) is 22.8 Å². The number of hydrogen-bond donors (Lipinski definition) is 0. The minimum Gasteiger partial charge on any atom is -0.497 e. The number of piperidine rings is 1. The second-order valence-corrected chi connectivity index (χ2v) is 9.71. The molecule has 1 spiro atoms. The van der Waals surface area contributed by atoms with Crippen molar-refractivity contribution < 1.29 is 19.0 Å². The largest absolute Gasteiger partial charge is 0.497 e. The molecule has 0 saturated carbocycles. The van der Waals surface area contributed by atoms with E-state index in [2.05, 4.69) is 14.8 Å². The van der Waals surface area contributed by atoms with Crippen LogP contribution in [0, 0.1) is 0 Å². The van der Waals surface area contributed by atoms with Crippen LogP contribution in [0.4, 0.5) is 0 Å². The number of ether oxygens (including phenoxy) is 3. The number of likely N-dealkylation sites (tertiary alicyclic amines) is 1. The Bertz CT molecular complexity index is 1140. The van der Waals surface area contributed by atoms with Crippen LogP contribution in [-0.4, -0.2) is 70.5 Å². The van der Waals surface area contributed by atoms with E-state index in [1.807, 2.05) is 59.5 Å². The fourth-order valence-corrected chi connectivity index (χ4v) is 5.44. The van der Waals surface area contributed by atoms with Crippen molar-refractivity contribution in [3.63, 3.8) is 0 Å². The smallest absolute Gasteiger partial charge is 0.222 e. The van der Waals surface area contributed by atoms with E-state index in [1.165, 1.54) is 0 Å². The highest BCUT2D eigenvalue weighted by Crippen LogP contribution is 2.32. The van der Waals surface area contributed by atoms with Crippen LogP contribution in [0.1, 0.15) is 25.7 Å². The number of para-hydroxylation sites is 1. The Morgan fingerprint density at radius 1 is 1.06 bits per heavy atom. The maximum atomic E-state index is 12.7. The monoisotopic (exact) mass is 494 g/mol. The van der Waals surface area contributed by atoms with Gasteiger partial charge in [-0.25, -0.2) is 0 Å².